The lowest BCUT2D eigenvalue weighted by Crippen LogP contribution is -2.53. The zero-order valence-corrected chi connectivity index (χ0v) is 17.6. The number of carbonyl (C=O) groups excluding carboxylic acids is 4. The molecule has 31 heavy (non-hydrogen) atoms. The van der Waals surface area contributed by atoms with E-state index in [1.54, 1.807) is 0 Å². The zero-order valence-electron chi connectivity index (χ0n) is 17.6. The average molecular weight is 428 g/mol. The molecule has 1 aliphatic rings. The number of carbonyl (C=O) groups is 4. The second kappa shape index (κ2) is 9.63. The Morgan fingerprint density at radius 2 is 1.84 bits per heavy atom. The van der Waals surface area contributed by atoms with Crippen molar-refractivity contribution in [1.29, 1.82) is 0 Å². The predicted molar refractivity (Wildman–Crippen MR) is 116 cm³/mol. The predicted octanol–water partition coefficient (Wildman–Crippen LogP) is 0.703. The number of amides is 4. The number of hydrogen-bond donors (Lipinski definition) is 4. The molecule has 0 bridgehead atoms. The molecule has 0 saturated heterocycles. The molecule has 3 rings (SSSR count). The molecule has 2 aromatic rings. The van der Waals surface area contributed by atoms with Crippen molar-refractivity contribution in [3.8, 4) is 0 Å². The number of aryl methyl sites for hydroxylation is 1. The molecule has 0 aliphatic heterocycles. The summed E-state index contributed by atoms with van der Waals surface area (Å²) in [6.07, 6.45) is 2.99. The number of rotatable bonds is 8. The molecule has 0 spiro atoms. The summed E-state index contributed by atoms with van der Waals surface area (Å²) in [5, 5.41) is 6.61. The summed E-state index contributed by atoms with van der Waals surface area (Å²) in [5.74, 6) is -2.37. The number of aromatic nitrogens is 1. The molecule has 4 amide bonds. The number of nitrogens with zero attached hydrogens (tertiary/aromatic N) is 1. The van der Waals surface area contributed by atoms with Crippen LogP contribution in [0.4, 0.5) is 0 Å². The molecule has 1 aromatic carbocycles. The highest BCUT2D eigenvalue weighted by atomic mass is 16.2. The fourth-order valence-electron chi connectivity index (χ4n) is 4.22. The van der Waals surface area contributed by atoms with Crippen LogP contribution >= 0.6 is 0 Å². The van der Waals surface area contributed by atoms with Crippen LogP contribution in [0.25, 0.3) is 10.9 Å². The van der Waals surface area contributed by atoms with Gasteiger partial charge in [0.05, 0.1) is 5.92 Å². The third-order valence-electron chi connectivity index (χ3n) is 5.94. The van der Waals surface area contributed by atoms with Crippen molar-refractivity contribution >= 4 is 34.5 Å². The van der Waals surface area contributed by atoms with Crippen LogP contribution in [0, 0.1) is 5.92 Å². The topological polar surface area (TPSA) is 149 Å². The number of para-hydroxylation sites is 1. The largest absolute Gasteiger partial charge is 0.370 e. The first-order chi connectivity index (χ1) is 14.8. The summed E-state index contributed by atoms with van der Waals surface area (Å²) in [6.45, 7) is 0. The van der Waals surface area contributed by atoms with E-state index in [0.29, 0.717) is 18.5 Å². The Morgan fingerprint density at radius 1 is 1.13 bits per heavy atom. The fraction of sp³-hybridized carbons (Fsp3) is 0.455. The van der Waals surface area contributed by atoms with Crippen LogP contribution < -0.4 is 22.1 Å². The Balaban J connectivity index is 1.71. The van der Waals surface area contributed by atoms with E-state index in [9.17, 15) is 19.2 Å². The maximum Gasteiger partial charge on any atom is 0.268 e. The van der Waals surface area contributed by atoms with Crippen molar-refractivity contribution < 1.29 is 19.2 Å². The number of hydrogen-bond acceptors (Lipinski definition) is 4. The monoisotopic (exact) mass is 427 g/mol. The van der Waals surface area contributed by atoms with Gasteiger partial charge in [-0.1, -0.05) is 31.0 Å². The van der Waals surface area contributed by atoms with Gasteiger partial charge in [0.1, 0.15) is 11.7 Å². The van der Waals surface area contributed by atoms with Gasteiger partial charge < -0.3 is 26.7 Å². The van der Waals surface area contributed by atoms with Crippen LogP contribution in [0.1, 0.15) is 49.0 Å². The number of nitrogens with one attached hydrogen (secondary N) is 2. The van der Waals surface area contributed by atoms with Gasteiger partial charge in [0.25, 0.3) is 5.91 Å². The van der Waals surface area contributed by atoms with Crippen LogP contribution in [-0.4, -0.2) is 40.3 Å². The maximum atomic E-state index is 13.0. The Kier molecular flexibility index (Phi) is 6.94. The lowest BCUT2D eigenvalue weighted by molar-refractivity contribution is -0.131. The van der Waals surface area contributed by atoms with Crippen molar-refractivity contribution in [3.63, 3.8) is 0 Å². The molecule has 9 nitrogen and oxygen atoms in total. The van der Waals surface area contributed by atoms with E-state index in [-0.39, 0.29) is 30.7 Å². The Labute approximate surface area is 180 Å². The molecular formula is C22H29N5O4. The average Bonchev–Trinajstić information content (AvgIpc) is 3.08. The highest BCUT2D eigenvalue weighted by Gasteiger charge is 2.34. The second-order valence-electron chi connectivity index (χ2n) is 8.09. The van der Waals surface area contributed by atoms with Gasteiger partial charge in [-0.05, 0) is 31.4 Å². The SMILES string of the molecule is Cn1c(C(=O)N[C@H]2CCCC[C@H]2C(=O)N[C@@H](CCC(N)=O)C(N)=O)cc2ccccc21. The third-order valence-corrected chi connectivity index (χ3v) is 5.94. The van der Waals surface area contributed by atoms with Gasteiger partial charge in [-0.15, -0.1) is 0 Å². The molecule has 6 N–H and O–H groups in total. The molecule has 0 radical (unpaired) electrons. The minimum atomic E-state index is -0.976. The van der Waals surface area contributed by atoms with Crippen molar-refractivity contribution in [2.24, 2.45) is 24.4 Å². The molecular weight excluding hydrogens is 398 g/mol. The van der Waals surface area contributed by atoms with E-state index in [1.165, 1.54) is 0 Å². The summed E-state index contributed by atoms with van der Waals surface area (Å²) in [6, 6.07) is 8.21. The summed E-state index contributed by atoms with van der Waals surface area (Å²) in [4.78, 5) is 48.6. The number of benzene rings is 1. The van der Waals surface area contributed by atoms with E-state index in [1.807, 2.05) is 41.9 Å². The quantitative estimate of drug-likeness (QED) is 0.490. The Morgan fingerprint density at radius 3 is 2.52 bits per heavy atom. The summed E-state index contributed by atoms with van der Waals surface area (Å²) >= 11 is 0. The van der Waals surface area contributed by atoms with Crippen LogP contribution in [0.2, 0.25) is 0 Å². The molecule has 1 fully saturated rings. The van der Waals surface area contributed by atoms with Gasteiger partial charge in [-0.3, -0.25) is 19.2 Å². The van der Waals surface area contributed by atoms with Gasteiger partial charge in [0.2, 0.25) is 17.7 Å². The molecule has 3 atom stereocenters. The van der Waals surface area contributed by atoms with Gasteiger partial charge in [0, 0.05) is 30.4 Å². The summed E-state index contributed by atoms with van der Waals surface area (Å²) in [5.41, 5.74) is 12.0. The van der Waals surface area contributed by atoms with Gasteiger partial charge in [-0.25, -0.2) is 0 Å². The second-order valence-corrected chi connectivity index (χ2v) is 8.09. The highest BCUT2D eigenvalue weighted by molar-refractivity contribution is 5.99. The smallest absolute Gasteiger partial charge is 0.268 e. The van der Waals surface area contributed by atoms with E-state index < -0.39 is 23.8 Å². The third kappa shape index (κ3) is 5.22. The van der Waals surface area contributed by atoms with E-state index in [2.05, 4.69) is 10.6 Å². The van der Waals surface area contributed by atoms with Crippen LogP contribution in [0.15, 0.2) is 30.3 Å². The molecule has 1 aromatic heterocycles. The lowest BCUT2D eigenvalue weighted by atomic mass is 9.83. The fourth-order valence-corrected chi connectivity index (χ4v) is 4.22. The lowest BCUT2D eigenvalue weighted by Gasteiger charge is -2.32. The zero-order chi connectivity index (χ0) is 22.5. The first kappa shape index (κ1) is 22.3. The van der Waals surface area contributed by atoms with Gasteiger partial charge in [0.15, 0.2) is 0 Å². The van der Waals surface area contributed by atoms with E-state index in [4.69, 9.17) is 11.5 Å². The molecule has 1 heterocycles. The maximum absolute atomic E-state index is 13.0. The van der Waals surface area contributed by atoms with Crippen LogP contribution in [-0.2, 0) is 21.4 Å². The van der Waals surface area contributed by atoms with Gasteiger partial charge in [-0.2, -0.15) is 0 Å². The molecule has 166 valence electrons. The van der Waals surface area contributed by atoms with Crippen LogP contribution in [0.3, 0.4) is 0 Å². The van der Waals surface area contributed by atoms with E-state index in [0.717, 1.165) is 23.7 Å². The van der Waals surface area contributed by atoms with Crippen molar-refractivity contribution in [1.82, 2.24) is 15.2 Å². The standard InChI is InChI=1S/C22H29N5O4/c1-27-17-9-5-2-6-13(17)12-18(27)22(31)25-15-8-4-3-7-14(15)21(30)26-16(20(24)29)10-11-19(23)28/h2,5-6,9,12,14-16H,3-4,7-8,10-11H2,1H3,(H2,23,28)(H2,24,29)(H,25,31)(H,26,30)/t14-,15+,16+/m1/s1. The number of fused-ring (bicyclic) bond motifs is 1. The summed E-state index contributed by atoms with van der Waals surface area (Å²) in [7, 11) is 1.83. The minimum Gasteiger partial charge on any atom is -0.370 e. The molecule has 0 unspecified atom stereocenters. The highest BCUT2D eigenvalue weighted by Crippen LogP contribution is 2.26. The number of nitrogens with two attached hydrogens (primary N) is 2. The Hall–Kier alpha value is -3.36. The first-order valence-corrected chi connectivity index (χ1v) is 10.5. The molecule has 9 heteroatoms. The van der Waals surface area contributed by atoms with Crippen molar-refractivity contribution in [2.45, 2.75) is 50.6 Å². The minimum absolute atomic E-state index is 0.0517. The Bertz CT molecular complexity index is 999. The van der Waals surface area contributed by atoms with Crippen LogP contribution in [0.5, 0.6) is 0 Å². The summed E-state index contributed by atoms with van der Waals surface area (Å²) < 4.78 is 1.83. The first-order valence-electron chi connectivity index (χ1n) is 10.5. The molecule has 1 saturated carbocycles. The van der Waals surface area contributed by atoms with Gasteiger partial charge >= 0.3 is 0 Å². The van der Waals surface area contributed by atoms with E-state index >= 15 is 0 Å². The number of primary amides is 2. The van der Waals surface area contributed by atoms with Crippen molar-refractivity contribution in [2.75, 3.05) is 0 Å². The molecule has 1 aliphatic carbocycles. The van der Waals surface area contributed by atoms with Crippen molar-refractivity contribution in [3.05, 3.63) is 36.0 Å². The normalized spacial score (nSPS) is 19.5.